The van der Waals surface area contributed by atoms with Gasteiger partial charge < -0.3 is 10.0 Å². The van der Waals surface area contributed by atoms with Crippen LogP contribution in [0.5, 0.6) is 5.75 Å². The zero-order valence-electron chi connectivity index (χ0n) is 10.2. The van der Waals surface area contributed by atoms with E-state index in [1.54, 1.807) is 18.2 Å². The van der Waals surface area contributed by atoms with Crippen molar-refractivity contribution in [1.82, 2.24) is 0 Å². The van der Waals surface area contributed by atoms with E-state index in [0.717, 1.165) is 5.56 Å². The molecule has 2 aromatic rings. The zero-order valence-corrected chi connectivity index (χ0v) is 13.4. The van der Waals surface area contributed by atoms with E-state index in [-0.39, 0.29) is 11.6 Å². The summed E-state index contributed by atoms with van der Waals surface area (Å²) < 4.78 is 14.9. The first kappa shape index (κ1) is 14.3. The summed E-state index contributed by atoms with van der Waals surface area (Å²) in [6, 6.07) is 10.3. The van der Waals surface area contributed by atoms with Crippen LogP contribution < -0.4 is 4.90 Å². The molecule has 0 aliphatic rings. The second kappa shape index (κ2) is 5.92. The molecule has 2 aromatic carbocycles. The van der Waals surface area contributed by atoms with Crippen LogP contribution in [0.25, 0.3) is 0 Å². The summed E-state index contributed by atoms with van der Waals surface area (Å²) in [5.41, 5.74) is 1.50. The Hall–Kier alpha value is -1.07. The number of benzene rings is 2. The fourth-order valence-corrected chi connectivity index (χ4v) is 3.11. The number of rotatable bonds is 3. The maximum absolute atomic E-state index is 13.7. The van der Waals surface area contributed by atoms with Crippen LogP contribution in [0.1, 0.15) is 5.56 Å². The Labute approximate surface area is 128 Å². The molecule has 19 heavy (non-hydrogen) atoms. The minimum atomic E-state index is -0.248. The predicted octanol–water partition coefficient (Wildman–Crippen LogP) is 4.69. The molecule has 0 saturated carbocycles. The van der Waals surface area contributed by atoms with Gasteiger partial charge in [-0.2, -0.15) is 0 Å². The topological polar surface area (TPSA) is 23.5 Å². The first-order valence-corrected chi connectivity index (χ1v) is 7.20. The second-order valence-electron chi connectivity index (χ2n) is 4.22. The molecule has 0 atom stereocenters. The van der Waals surface area contributed by atoms with Crippen LogP contribution in [-0.2, 0) is 6.54 Å². The lowest BCUT2D eigenvalue weighted by Crippen LogP contribution is -2.17. The normalized spacial score (nSPS) is 10.5. The van der Waals surface area contributed by atoms with Crippen molar-refractivity contribution in [3.8, 4) is 5.75 Å². The highest BCUT2D eigenvalue weighted by molar-refractivity contribution is 9.11. The maximum Gasteiger partial charge on any atom is 0.146 e. The van der Waals surface area contributed by atoms with Crippen molar-refractivity contribution in [3.05, 3.63) is 56.7 Å². The summed E-state index contributed by atoms with van der Waals surface area (Å²) in [5, 5.41) is 9.66. The van der Waals surface area contributed by atoms with Crippen molar-refractivity contribution in [2.75, 3.05) is 11.9 Å². The lowest BCUT2D eigenvalue weighted by Gasteiger charge is -2.20. The number of nitrogens with zero attached hydrogens (tertiary/aromatic N) is 1. The first-order valence-electron chi connectivity index (χ1n) is 5.61. The summed E-state index contributed by atoms with van der Waals surface area (Å²) in [7, 11) is 1.83. The van der Waals surface area contributed by atoms with Gasteiger partial charge in [-0.3, -0.25) is 0 Å². The summed E-state index contributed by atoms with van der Waals surface area (Å²) in [6.45, 7) is 0.540. The molecule has 0 aromatic heterocycles. The molecule has 5 heteroatoms. The number of para-hydroxylation sites is 1. The molecule has 0 fully saturated rings. The molecule has 100 valence electrons. The van der Waals surface area contributed by atoms with Crippen LogP contribution in [0.4, 0.5) is 10.1 Å². The van der Waals surface area contributed by atoms with Gasteiger partial charge in [0.1, 0.15) is 11.6 Å². The highest BCUT2D eigenvalue weighted by Crippen LogP contribution is 2.34. The number of hydrogen-bond donors (Lipinski definition) is 1. The van der Waals surface area contributed by atoms with E-state index in [4.69, 9.17) is 0 Å². The van der Waals surface area contributed by atoms with Crippen LogP contribution in [0.3, 0.4) is 0 Å². The van der Waals surface area contributed by atoms with Gasteiger partial charge in [0.2, 0.25) is 0 Å². The number of anilines is 1. The fraction of sp³-hybridized carbons (Fsp3) is 0.143. The molecule has 1 N–H and O–H groups in total. The van der Waals surface area contributed by atoms with Gasteiger partial charge in [-0.25, -0.2) is 4.39 Å². The van der Waals surface area contributed by atoms with Crippen molar-refractivity contribution in [2.24, 2.45) is 0 Å². The average Bonchev–Trinajstić information content (AvgIpc) is 2.36. The van der Waals surface area contributed by atoms with E-state index in [1.807, 2.05) is 24.1 Å². The van der Waals surface area contributed by atoms with E-state index in [0.29, 0.717) is 21.2 Å². The van der Waals surface area contributed by atoms with Gasteiger partial charge >= 0.3 is 0 Å². The van der Waals surface area contributed by atoms with Crippen molar-refractivity contribution in [3.63, 3.8) is 0 Å². The van der Waals surface area contributed by atoms with Crippen LogP contribution in [-0.4, -0.2) is 12.2 Å². The minimum absolute atomic E-state index is 0.164. The molecule has 0 aliphatic heterocycles. The highest BCUT2D eigenvalue weighted by atomic mass is 79.9. The van der Waals surface area contributed by atoms with Crippen LogP contribution in [0, 0.1) is 5.82 Å². The smallest absolute Gasteiger partial charge is 0.146 e. The lowest BCUT2D eigenvalue weighted by molar-refractivity contribution is 0.468. The van der Waals surface area contributed by atoms with Crippen LogP contribution in [0.15, 0.2) is 45.3 Å². The molecular weight excluding hydrogens is 377 g/mol. The van der Waals surface area contributed by atoms with Crippen molar-refractivity contribution in [1.29, 1.82) is 0 Å². The van der Waals surface area contributed by atoms with Gasteiger partial charge in [-0.05, 0) is 61.7 Å². The molecule has 0 unspecified atom stereocenters. The Bertz CT molecular complexity index is 581. The number of aromatic hydroxyl groups is 1. The number of halogens is 3. The molecule has 0 radical (unpaired) electrons. The summed E-state index contributed by atoms with van der Waals surface area (Å²) in [4.78, 5) is 1.82. The predicted molar refractivity (Wildman–Crippen MR) is 82.0 cm³/mol. The Morgan fingerprint density at radius 1 is 1.16 bits per heavy atom. The SMILES string of the molecule is CN(Cc1cc(Br)c(O)c(Br)c1)c1ccccc1F. The monoisotopic (exact) mass is 387 g/mol. The Morgan fingerprint density at radius 3 is 2.32 bits per heavy atom. The highest BCUT2D eigenvalue weighted by Gasteiger charge is 2.10. The van der Waals surface area contributed by atoms with Crippen molar-refractivity contribution in [2.45, 2.75) is 6.54 Å². The molecule has 0 bridgehead atoms. The Kier molecular flexibility index (Phi) is 4.47. The van der Waals surface area contributed by atoms with E-state index in [9.17, 15) is 9.50 Å². The fourth-order valence-electron chi connectivity index (χ4n) is 1.83. The number of phenols is 1. The van der Waals surface area contributed by atoms with E-state index >= 15 is 0 Å². The molecule has 0 amide bonds. The van der Waals surface area contributed by atoms with Gasteiger partial charge in [0.25, 0.3) is 0 Å². The summed E-state index contributed by atoms with van der Waals surface area (Å²) >= 11 is 6.57. The van der Waals surface area contributed by atoms with Gasteiger partial charge in [0, 0.05) is 13.6 Å². The lowest BCUT2D eigenvalue weighted by atomic mass is 10.2. The third kappa shape index (κ3) is 3.28. The summed E-state index contributed by atoms with van der Waals surface area (Å²) in [5.74, 6) is -0.0841. The molecule has 0 saturated heterocycles. The van der Waals surface area contributed by atoms with E-state index < -0.39 is 0 Å². The number of phenolic OH excluding ortho intramolecular Hbond substituents is 1. The quantitative estimate of drug-likeness (QED) is 0.824. The zero-order chi connectivity index (χ0) is 14.0. The largest absolute Gasteiger partial charge is 0.506 e. The van der Waals surface area contributed by atoms with Gasteiger partial charge in [-0.15, -0.1) is 0 Å². The molecule has 2 nitrogen and oxygen atoms in total. The van der Waals surface area contributed by atoms with Crippen molar-refractivity contribution < 1.29 is 9.50 Å². The maximum atomic E-state index is 13.7. The first-order chi connectivity index (χ1) is 8.99. The van der Waals surface area contributed by atoms with E-state index in [1.165, 1.54) is 6.07 Å². The van der Waals surface area contributed by atoms with Gasteiger partial charge in [0.05, 0.1) is 14.6 Å². The summed E-state index contributed by atoms with van der Waals surface area (Å²) in [6.07, 6.45) is 0. The minimum Gasteiger partial charge on any atom is -0.506 e. The van der Waals surface area contributed by atoms with Gasteiger partial charge in [-0.1, -0.05) is 12.1 Å². The number of hydrogen-bond acceptors (Lipinski definition) is 2. The second-order valence-corrected chi connectivity index (χ2v) is 5.92. The Balaban J connectivity index is 2.24. The molecule has 0 spiro atoms. The molecule has 2 rings (SSSR count). The van der Waals surface area contributed by atoms with Crippen LogP contribution >= 0.6 is 31.9 Å². The van der Waals surface area contributed by atoms with E-state index in [2.05, 4.69) is 31.9 Å². The third-order valence-corrected chi connectivity index (χ3v) is 3.97. The van der Waals surface area contributed by atoms with Crippen LogP contribution in [0.2, 0.25) is 0 Å². The molecule has 0 heterocycles. The third-order valence-electron chi connectivity index (χ3n) is 2.76. The van der Waals surface area contributed by atoms with Gasteiger partial charge in [0.15, 0.2) is 0 Å². The Morgan fingerprint density at radius 2 is 1.74 bits per heavy atom. The molecule has 0 aliphatic carbocycles. The van der Waals surface area contributed by atoms with Crippen molar-refractivity contribution >= 4 is 37.5 Å². The molecular formula is C14H12Br2FNO. The standard InChI is InChI=1S/C14H12Br2FNO/c1-18(13-5-3-2-4-12(13)17)8-9-6-10(15)14(19)11(16)7-9/h2-7,19H,8H2,1H3. The average molecular weight is 389 g/mol.